The summed E-state index contributed by atoms with van der Waals surface area (Å²) in [5, 5.41) is 2.92. The minimum atomic E-state index is -0.530. The lowest BCUT2D eigenvalue weighted by atomic mass is 10.1. The number of methoxy groups -OCH3 is 2. The van der Waals surface area contributed by atoms with Crippen LogP contribution in [0.3, 0.4) is 0 Å². The van der Waals surface area contributed by atoms with Crippen LogP contribution in [-0.2, 0) is 11.2 Å². The van der Waals surface area contributed by atoms with Crippen LogP contribution in [0.5, 0.6) is 17.2 Å². The zero-order valence-corrected chi connectivity index (χ0v) is 15.9. The van der Waals surface area contributed by atoms with E-state index < -0.39 is 6.10 Å². The van der Waals surface area contributed by atoms with Crippen molar-refractivity contribution in [1.29, 1.82) is 0 Å². The van der Waals surface area contributed by atoms with Crippen LogP contribution < -0.4 is 19.5 Å². The number of para-hydroxylation sites is 1. The summed E-state index contributed by atoms with van der Waals surface area (Å²) in [4.78, 5) is 12.2. The van der Waals surface area contributed by atoms with Crippen LogP contribution in [0.2, 0.25) is 0 Å². The smallest absolute Gasteiger partial charge is 0.260 e. The minimum Gasteiger partial charge on any atom is -0.493 e. The minimum absolute atomic E-state index is 0.111. The topological polar surface area (TPSA) is 56.8 Å². The molecule has 0 saturated carbocycles. The molecule has 0 bridgehead atoms. The van der Waals surface area contributed by atoms with Crippen LogP contribution in [-0.4, -0.2) is 32.8 Å². The molecule has 140 valence electrons. The fraction of sp³-hybridized carbons (Fsp3) is 0.381. The molecule has 0 fully saturated rings. The van der Waals surface area contributed by atoms with E-state index >= 15 is 0 Å². The van der Waals surface area contributed by atoms with Crippen LogP contribution in [0.15, 0.2) is 42.5 Å². The van der Waals surface area contributed by atoms with E-state index in [-0.39, 0.29) is 5.91 Å². The molecule has 5 nitrogen and oxygen atoms in total. The molecular weight excluding hydrogens is 330 g/mol. The highest BCUT2D eigenvalue weighted by Crippen LogP contribution is 2.27. The number of rotatable bonds is 9. The Bertz CT molecular complexity index is 730. The molecule has 1 amide bonds. The van der Waals surface area contributed by atoms with Crippen molar-refractivity contribution in [2.75, 3.05) is 20.8 Å². The molecule has 26 heavy (non-hydrogen) atoms. The first kappa shape index (κ1) is 19.6. The number of hydrogen-bond donors (Lipinski definition) is 1. The van der Waals surface area contributed by atoms with E-state index in [0.717, 1.165) is 29.7 Å². The Labute approximate surface area is 155 Å². The van der Waals surface area contributed by atoms with Crippen molar-refractivity contribution in [1.82, 2.24) is 5.32 Å². The lowest BCUT2D eigenvalue weighted by Crippen LogP contribution is -2.37. The third-order valence-corrected chi connectivity index (χ3v) is 4.16. The molecule has 0 aliphatic rings. The van der Waals surface area contributed by atoms with Gasteiger partial charge in [0.05, 0.1) is 14.2 Å². The molecule has 0 aromatic heterocycles. The van der Waals surface area contributed by atoms with Gasteiger partial charge in [0.25, 0.3) is 5.91 Å². The molecule has 2 aromatic rings. The Morgan fingerprint density at radius 3 is 2.46 bits per heavy atom. The van der Waals surface area contributed by atoms with Gasteiger partial charge in [-0.2, -0.15) is 0 Å². The molecule has 0 unspecified atom stereocenters. The summed E-state index contributed by atoms with van der Waals surface area (Å²) in [5.41, 5.74) is 2.15. The molecular formula is C21H27NO4. The number of amides is 1. The van der Waals surface area contributed by atoms with Crippen LogP contribution in [0.4, 0.5) is 0 Å². The van der Waals surface area contributed by atoms with Crippen LogP contribution in [0.25, 0.3) is 0 Å². The highest BCUT2D eigenvalue weighted by Gasteiger charge is 2.14. The van der Waals surface area contributed by atoms with E-state index in [4.69, 9.17) is 14.2 Å². The van der Waals surface area contributed by atoms with Gasteiger partial charge < -0.3 is 19.5 Å². The molecule has 0 aliphatic heterocycles. The first-order valence-electron chi connectivity index (χ1n) is 8.76. The van der Waals surface area contributed by atoms with E-state index in [1.807, 2.05) is 49.4 Å². The largest absolute Gasteiger partial charge is 0.493 e. The van der Waals surface area contributed by atoms with Crippen LogP contribution >= 0.6 is 0 Å². The Morgan fingerprint density at radius 1 is 1.04 bits per heavy atom. The number of carbonyl (C=O) groups is 1. The first-order valence-corrected chi connectivity index (χ1v) is 8.76. The number of ether oxygens (including phenoxy) is 3. The van der Waals surface area contributed by atoms with Gasteiger partial charge in [-0.15, -0.1) is 0 Å². The van der Waals surface area contributed by atoms with Gasteiger partial charge in [-0.05, 0) is 56.0 Å². The molecule has 0 saturated heterocycles. The Morgan fingerprint density at radius 2 is 1.77 bits per heavy atom. The summed E-state index contributed by atoms with van der Waals surface area (Å²) in [6.45, 7) is 4.31. The van der Waals surface area contributed by atoms with Crippen molar-refractivity contribution < 1.29 is 19.0 Å². The van der Waals surface area contributed by atoms with E-state index in [0.29, 0.717) is 18.0 Å². The van der Waals surface area contributed by atoms with Gasteiger partial charge in [0.1, 0.15) is 5.75 Å². The molecule has 1 N–H and O–H groups in total. The standard InChI is InChI=1S/C21H27NO4/c1-15-8-5-6-10-18(15)26-16(2)21(23)22-13-7-9-17-11-12-19(24-3)20(14-17)25-4/h5-6,8,10-12,14,16H,7,9,13H2,1-4H3,(H,22,23)/t16-/m1/s1. The molecule has 0 heterocycles. The van der Waals surface area contributed by atoms with Crippen molar-refractivity contribution >= 4 is 5.91 Å². The third-order valence-electron chi connectivity index (χ3n) is 4.16. The molecule has 5 heteroatoms. The molecule has 0 radical (unpaired) electrons. The van der Waals surface area contributed by atoms with E-state index in [2.05, 4.69) is 5.32 Å². The van der Waals surface area contributed by atoms with Crippen molar-refractivity contribution in [2.45, 2.75) is 32.8 Å². The summed E-state index contributed by atoms with van der Waals surface area (Å²) < 4.78 is 16.3. The summed E-state index contributed by atoms with van der Waals surface area (Å²) >= 11 is 0. The lowest BCUT2D eigenvalue weighted by Gasteiger charge is -2.16. The third kappa shape index (κ3) is 5.41. The van der Waals surface area contributed by atoms with Crippen LogP contribution in [0.1, 0.15) is 24.5 Å². The van der Waals surface area contributed by atoms with Crippen molar-refractivity contribution in [3.8, 4) is 17.2 Å². The van der Waals surface area contributed by atoms with Gasteiger partial charge in [-0.3, -0.25) is 4.79 Å². The molecule has 0 spiro atoms. The normalized spacial score (nSPS) is 11.5. The van der Waals surface area contributed by atoms with Crippen LogP contribution in [0, 0.1) is 6.92 Å². The number of benzene rings is 2. The summed E-state index contributed by atoms with van der Waals surface area (Å²) in [5.74, 6) is 2.06. The summed E-state index contributed by atoms with van der Waals surface area (Å²) in [6, 6.07) is 13.5. The van der Waals surface area contributed by atoms with E-state index in [1.165, 1.54) is 0 Å². The zero-order chi connectivity index (χ0) is 18.9. The van der Waals surface area contributed by atoms with Crippen molar-refractivity contribution in [3.05, 3.63) is 53.6 Å². The highest BCUT2D eigenvalue weighted by atomic mass is 16.5. The number of carbonyl (C=O) groups excluding carboxylic acids is 1. The maximum Gasteiger partial charge on any atom is 0.260 e. The van der Waals surface area contributed by atoms with Gasteiger partial charge in [0.15, 0.2) is 17.6 Å². The summed E-state index contributed by atoms with van der Waals surface area (Å²) in [6.07, 6.45) is 1.14. The number of nitrogens with one attached hydrogen (secondary N) is 1. The predicted octanol–water partition coefficient (Wildman–Crippen LogP) is 3.53. The second-order valence-electron chi connectivity index (χ2n) is 6.11. The fourth-order valence-corrected chi connectivity index (χ4v) is 2.62. The molecule has 0 aliphatic carbocycles. The first-order chi connectivity index (χ1) is 12.5. The average molecular weight is 357 g/mol. The SMILES string of the molecule is COc1ccc(CCCNC(=O)[C@@H](C)Oc2ccccc2C)cc1OC. The summed E-state index contributed by atoms with van der Waals surface area (Å²) in [7, 11) is 3.24. The Balaban J connectivity index is 1.77. The second kappa shape index (κ2) is 9.70. The zero-order valence-electron chi connectivity index (χ0n) is 15.9. The van der Waals surface area contributed by atoms with Gasteiger partial charge in [0.2, 0.25) is 0 Å². The van der Waals surface area contributed by atoms with Gasteiger partial charge in [0, 0.05) is 6.54 Å². The molecule has 2 rings (SSSR count). The fourth-order valence-electron chi connectivity index (χ4n) is 2.62. The Hall–Kier alpha value is -2.69. The van der Waals surface area contributed by atoms with Crippen molar-refractivity contribution in [3.63, 3.8) is 0 Å². The quantitative estimate of drug-likeness (QED) is 0.698. The van der Waals surface area contributed by atoms with E-state index in [9.17, 15) is 4.79 Å². The van der Waals surface area contributed by atoms with Gasteiger partial charge in [-0.25, -0.2) is 0 Å². The van der Waals surface area contributed by atoms with Gasteiger partial charge >= 0.3 is 0 Å². The van der Waals surface area contributed by atoms with Crippen molar-refractivity contribution in [2.24, 2.45) is 0 Å². The Kier molecular flexibility index (Phi) is 7.33. The number of hydrogen-bond acceptors (Lipinski definition) is 4. The van der Waals surface area contributed by atoms with E-state index in [1.54, 1.807) is 21.1 Å². The average Bonchev–Trinajstić information content (AvgIpc) is 2.66. The monoisotopic (exact) mass is 357 g/mol. The lowest BCUT2D eigenvalue weighted by molar-refractivity contribution is -0.127. The number of aryl methyl sites for hydroxylation is 2. The maximum absolute atomic E-state index is 12.2. The maximum atomic E-state index is 12.2. The molecule has 2 aromatic carbocycles. The van der Waals surface area contributed by atoms with Gasteiger partial charge in [-0.1, -0.05) is 24.3 Å². The predicted molar refractivity (Wildman–Crippen MR) is 102 cm³/mol. The second-order valence-corrected chi connectivity index (χ2v) is 6.11. The molecule has 1 atom stereocenters. The highest BCUT2D eigenvalue weighted by molar-refractivity contribution is 5.80.